The smallest absolute Gasteiger partial charge is 0.235 e. The van der Waals surface area contributed by atoms with E-state index in [0.717, 1.165) is 55.5 Å². The van der Waals surface area contributed by atoms with Crippen molar-refractivity contribution in [2.45, 2.75) is 0 Å². The average molecular weight is 586 g/mol. The topological polar surface area (TPSA) is 39.9 Å². The number of benzene rings is 8. The summed E-state index contributed by atoms with van der Waals surface area (Å²) in [7, 11) is 0. The Morgan fingerprint density at radius 1 is 0.457 bits per heavy atom. The number of nitrogens with zero attached hydrogens (tertiary/aromatic N) is 3. The molecule has 46 heavy (non-hydrogen) atoms. The van der Waals surface area contributed by atoms with Crippen LogP contribution in [0.3, 0.4) is 0 Å². The van der Waals surface area contributed by atoms with E-state index in [1.165, 1.54) is 43.1 Å². The second-order valence-corrected chi connectivity index (χ2v) is 12.1. The summed E-state index contributed by atoms with van der Waals surface area (Å²) in [6.45, 7) is 0. The predicted molar refractivity (Wildman–Crippen MR) is 189 cm³/mol. The fourth-order valence-corrected chi connectivity index (χ4v) is 7.82. The number of fused-ring (bicyclic) bond motifs is 14. The molecule has 3 heterocycles. The van der Waals surface area contributed by atoms with Gasteiger partial charge in [0.15, 0.2) is 0 Å². The van der Waals surface area contributed by atoms with E-state index >= 15 is 0 Å². The zero-order valence-electron chi connectivity index (χ0n) is 24.5. The van der Waals surface area contributed by atoms with Crippen LogP contribution in [0.1, 0.15) is 0 Å². The van der Waals surface area contributed by atoms with Gasteiger partial charge < -0.3 is 4.74 Å². The van der Waals surface area contributed by atoms with E-state index in [0.29, 0.717) is 5.95 Å². The van der Waals surface area contributed by atoms with Gasteiger partial charge in [-0.2, -0.15) is 0 Å². The van der Waals surface area contributed by atoms with Crippen molar-refractivity contribution >= 4 is 75.8 Å². The lowest BCUT2D eigenvalue weighted by Crippen LogP contribution is -2.07. The summed E-state index contributed by atoms with van der Waals surface area (Å²) in [6.07, 6.45) is 0. The molecule has 2 aromatic heterocycles. The fourth-order valence-electron chi connectivity index (χ4n) is 7.82. The lowest BCUT2D eigenvalue weighted by Gasteiger charge is -2.22. The molecular formula is C42H23N3O. The minimum absolute atomic E-state index is 0.650. The first-order valence-corrected chi connectivity index (χ1v) is 15.6. The van der Waals surface area contributed by atoms with Gasteiger partial charge in [-0.15, -0.1) is 0 Å². The van der Waals surface area contributed by atoms with Crippen LogP contribution in [0.2, 0.25) is 0 Å². The SMILES string of the molecule is c1ccc2c3c(ccc2c1)-c1nc(-n2c4ccccc4c4c5ccc6ccccc6c5c5ccccc5c42)nc2cccc(c12)O3. The van der Waals surface area contributed by atoms with Crippen LogP contribution in [-0.2, 0) is 0 Å². The van der Waals surface area contributed by atoms with Crippen molar-refractivity contribution in [1.82, 2.24) is 14.5 Å². The summed E-state index contributed by atoms with van der Waals surface area (Å²) in [4.78, 5) is 10.7. The summed E-state index contributed by atoms with van der Waals surface area (Å²) in [5, 5.41) is 13.0. The van der Waals surface area contributed by atoms with Gasteiger partial charge >= 0.3 is 0 Å². The zero-order valence-corrected chi connectivity index (χ0v) is 24.5. The standard InChI is InChI=1S/C42H23N3O/c1-3-12-26-24(10-1)20-22-31-36(26)28-14-5-6-15-29(28)40-37(31)30-16-7-8-18-34(30)45(40)42-43-33-17-9-19-35-38(33)39(44-42)32-23-21-25-11-2-4-13-27(25)41(32)46-35/h1-23H. The molecule has 10 aromatic rings. The number of para-hydroxylation sites is 1. The van der Waals surface area contributed by atoms with E-state index < -0.39 is 0 Å². The van der Waals surface area contributed by atoms with E-state index in [2.05, 4.69) is 132 Å². The minimum atomic E-state index is 0.650. The lowest BCUT2D eigenvalue weighted by molar-refractivity contribution is 0.492. The summed E-state index contributed by atoms with van der Waals surface area (Å²) >= 11 is 0. The molecule has 0 spiro atoms. The van der Waals surface area contributed by atoms with Crippen molar-refractivity contribution in [3.63, 3.8) is 0 Å². The molecule has 8 aromatic carbocycles. The van der Waals surface area contributed by atoms with Crippen molar-refractivity contribution in [2.24, 2.45) is 0 Å². The van der Waals surface area contributed by atoms with E-state index in [4.69, 9.17) is 14.7 Å². The maximum absolute atomic E-state index is 6.59. The molecule has 0 amide bonds. The van der Waals surface area contributed by atoms with E-state index in [9.17, 15) is 0 Å². The molecule has 0 unspecified atom stereocenters. The number of hydrogen-bond donors (Lipinski definition) is 0. The van der Waals surface area contributed by atoms with Gasteiger partial charge in [-0.25, -0.2) is 9.97 Å². The average Bonchev–Trinajstić information content (AvgIpc) is 3.47. The van der Waals surface area contributed by atoms with Crippen molar-refractivity contribution in [3.8, 4) is 28.7 Å². The van der Waals surface area contributed by atoms with Gasteiger partial charge in [-0.1, -0.05) is 115 Å². The van der Waals surface area contributed by atoms with Crippen molar-refractivity contribution in [1.29, 1.82) is 0 Å². The Bertz CT molecular complexity index is 2960. The van der Waals surface area contributed by atoms with E-state index in [-0.39, 0.29) is 0 Å². The Kier molecular flexibility index (Phi) is 4.55. The third-order valence-corrected chi connectivity index (χ3v) is 9.74. The molecule has 0 aliphatic carbocycles. The van der Waals surface area contributed by atoms with Crippen molar-refractivity contribution in [2.75, 3.05) is 0 Å². The molecule has 1 aliphatic rings. The first-order valence-electron chi connectivity index (χ1n) is 15.6. The highest BCUT2D eigenvalue weighted by atomic mass is 16.5. The summed E-state index contributed by atoms with van der Waals surface area (Å²) in [5.74, 6) is 2.28. The Morgan fingerprint density at radius 3 is 2.02 bits per heavy atom. The molecular weight excluding hydrogens is 562 g/mol. The Balaban J connectivity index is 1.33. The lowest BCUT2D eigenvalue weighted by atomic mass is 9.93. The second kappa shape index (κ2) is 8.68. The first kappa shape index (κ1) is 24.1. The quantitative estimate of drug-likeness (QED) is 0.180. The Hall–Kier alpha value is -6.26. The maximum Gasteiger partial charge on any atom is 0.235 e. The molecule has 11 rings (SSSR count). The molecule has 212 valence electrons. The molecule has 0 bridgehead atoms. The van der Waals surface area contributed by atoms with Crippen LogP contribution in [0.4, 0.5) is 0 Å². The summed E-state index contributed by atoms with van der Waals surface area (Å²) in [6, 6.07) is 49.4. The van der Waals surface area contributed by atoms with Crippen molar-refractivity contribution < 1.29 is 4.74 Å². The third-order valence-electron chi connectivity index (χ3n) is 9.74. The first-order chi connectivity index (χ1) is 22.8. The number of hydrogen-bond acceptors (Lipinski definition) is 3. The third kappa shape index (κ3) is 3.03. The molecule has 0 radical (unpaired) electrons. The van der Waals surface area contributed by atoms with Crippen LogP contribution in [0, 0.1) is 0 Å². The summed E-state index contributed by atoms with van der Waals surface area (Å²) < 4.78 is 8.87. The number of ether oxygens (including phenoxy) is 1. The molecule has 4 nitrogen and oxygen atoms in total. The van der Waals surface area contributed by atoms with Gasteiger partial charge in [-0.3, -0.25) is 4.57 Å². The molecule has 0 N–H and O–H groups in total. The number of rotatable bonds is 1. The number of aromatic nitrogens is 3. The molecule has 1 aliphatic heterocycles. The van der Waals surface area contributed by atoms with Gasteiger partial charge in [0.2, 0.25) is 5.95 Å². The molecule has 0 fully saturated rings. The van der Waals surface area contributed by atoms with Gasteiger partial charge in [0.25, 0.3) is 0 Å². The highest BCUT2D eigenvalue weighted by Gasteiger charge is 2.27. The minimum Gasteiger partial charge on any atom is -0.455 e. The zero-order chi connectivity index (χ0) is 29.9. The van der Waals surface area contributed by atoms with Gasteiger partial charge in [0, 0.05) is 27.1 Å². The van der Waals surface area contributed by atoms with E-state index in [1.807, 2.05) is 12.1 Å². The predicted octanol–water partition coefficient (Wildman–Crippen LogP) is 11.1. The van der Waals surface area contributed by atoms with Gasteiger partial charge in [-0.05, 0) is 56.6 Å². The van der Waals surface area contributed by atoms with Gasteiger partial charge in [0.05, 0.1) is 27.6 Å². The second-order valence-electron chi connectivity index (χ2n) is 12.1. The van der Waals surface area contributed by atoms with Crippen LogP contribution in [-0.4, -0.2) is 14.5 Å². The summed E-state index contributed by atoms with van der Waals surface area (Å²) in [5.41, 5.74) is 4.93. The highest BCUT2D eigenvalue weighted by molar-refractivity contribution is 6.36. The Morgan fingerprint density at radius 2 is 1.15 bits per heavy atom. The van der Waals surface area contributed by atoms with Gasteiger partial charge in [0.1, 0.15) is 11.5 Å². The van der Waals surface area contributed by atoms with Crippen LogP contribution in [0.15, 0.2) is 140 Å². The molecule has 4 heteroatoms. The highest BCUT2D eigenvalue weighted by Crippen LogP contribution is 2.49. The normalized spacial score (nSPS) is 12.5. The van der Waals surface area contributed by atoms with E-state index in [1.54, 1.807) is 0 Å². The van der Waals surface area contributed by atoms with Crippen LogP contribution in [0.25, 0.3) is 93.0 Å². The Labute approximate surface area is 262 Å². The van der Waals surface area contributed by atoms with Crippen LogP contribution >= 0.6 is 0 Å². The van der Waals surface area contributed by atoms with Crippen LogP contribution in [0.5, 0.6) is 11.5 Å². The van der Waals surface area contributed by atoms with Crippen LogP contribution < -0.4 is 4.74 Å². The largest absolute Gasteiger partial charge is 0.455 e. The fraction of sp³-hybridized carbons (Fsp3) is 0. The molecule has 0 atom stereocenters. The molecule has 0 saturated heterocycles. The van der Waals surface area contributed by atoms with Crippen molar-refractivity contribution in [3.05, 3.63) is 140 Å². The monoisotopic (exact) mass is 585 g/mol. The maximum atomic E-state index is 6.59. The molecule has 0 saturated carbocycles.